The predicted octanol–water partition coefficient (Wildman–Crippen LogP) is 2.74. The lowest BCUT2D eigenvalue weighted by molar-refractivity contribution is 0.327. The molecule has 4 heteroatoms. The standard InChI is InChI=1S/C13H20O3S/c1-8(2)11-10(14)7-6-9(13(3,4)5)12(11)17(15)16/h6-8,11,14H,1-5H3. The van der Waals surface area contributed by atoms with Crippen molar-refractivity contribution in [1.29, 1.82) is 0 Å². The molecule has 1 unspecified atom stereocenters. The predicted molar refractivity (Wildman–Crippen MR) is 70.5 cm³/mol. The number of allylic oxidation sites excluding steroid dienone is 4. The van der Waals surface area contributed by atoms with E-state index in [2.05, 4.69) is 0 Å². The van der Waals surface area contributed by atoms with Crippen LogP contribution in [0.1, 0.15) is 34.6 Å². The molecule has 1 atom stereocenters. The molecule has 0 saturated carbocycles. The third kappa shape index (κ3) is 2.80. The molecule has 0 amide bonds. The van der Waals surface area contributed by atoms with Crippen LogP contribution in [-0.2, 0) is 10.3 Å². The topological polar surface area (TPSA) is 54.4 Å². The highest BCUT2D eigenvalue weighted by Gasteiger charge is 2.34. The molecule has 1 aliphatic carbocycles. The molecule has 96 valence electrons. The van der Waals surface area contributed by atoms with Crippen LogP contribution in [0, 0.1) is 17.3 Å². The summed E-state index contributed by atoms with van der Waals surface area (Å²) in [6.45, 7) is 9.73. The van der Waals surface area contributed by atoms with Crippen molar-refractivity contribution in [1.82, 2.24) is 0 Å². The van der Waals surface area contributed by atoms with Crippen LogP contribution in [0.25, 0.3) is 0 Å². The van der Waals surface area contributed by atoms with Gasteiger partial charge in [-0.25, -0.2) is 0 Å². The quantitative estimate of drug-likeness (QED) is 0.734. The first-order chi connectivity index (χ1) is 7.66. The third-order valence-electron chi connectivity index (χ3n) is 2.94. The van der Waals surface area contributed by atoms with E-state index in [9.17, 15) is 13.5 Å². The van der Waals surface area contributed by atoms with Crippen LogP contribution >= 0.6 is 0 Å². The summed E-state index contributed by atoms with van der Waals surface area (Å²) in [5, 5.41) is 9.86. The molecule has 0 fully saturated rings. The second kappa shape index (κ2) is 4.69. The monoisotopic (exact) mass is 256 g/mol. The molecule has 0 aromatic carbocycles. The van der Waals surface area contributed by atoms with Crippen molar-refractivity contribution in [3.8, 4) is 0 Å². The van der Waals surface area contributed by atoms with Crippen LogP contribution in [-0.4, -0.2) is 18.4 Å². The van der Waals surface area contributed by atoms with Gasteiger partial charge in [-0.05, 0) is 23.0 Å². The second-order valence-corrected chi connectivity index (χ2v) is 6.65. The summed E-state index contributed by atoms with van der Waals surface area (Å²) in [5.41, 5.74) is 0.530. The van der Waals surface area contributed by atoms with E-state index in [1.165, 1.54) is 0 Å². The van der Waals surface area contributed by atoms with E-state index in [0.29, 0.717) is 4.86 Å². The second-order valence-electron chi connectivity index (χ2n) is 5.74. The Morgan fingerprint density at radius 1 is 1.24 bits per heavy atom. The van der Waals surface area contributed by atoms with Gasteiger partial charge in [-0.1, -0.05) is 40.7 Å². The van der Waals surface area contributed by atoms with Crippen LogP contribution in [0.15, 0.2) is 23.5 Å². The van der Waals surface area contributed by atoms with Gasteiger partial charge >= 0.3 is 0 Å². The van der Waals surface area contributed by atoms with E-state index in [4.69, 9.17) is 0 Å². The number of aliphatic hydroxyl groups excluding tert-OH is 1. The Bertz CT molecular complexity index is 491. The van der Waals surface area contributed by atoms with E-state index >= 15 is 0 Å². The van der Waals surface area contributed by atoms with Crippen LogP contribution in [0.2, 0.25) is 0 Å². The van der Waals surface area contributed by atoms with Gasteiger partial charge < -0.3 is 5.11 Å². The Hall–Kier alpha value is -1.03. The lowest BCUT2D eigenvalue weighted by Crippen LogP contribution is -2.32. The van der Waals surface area contributed by atoms with Crippen LogP contribution in [0.5, 0.6) is 0 Å². The molecule has 0 aromatic heterocycles. The summed E-state index contributed by atoms with van der Waals surface area (Å²) in [6.07, 6.45) is 3.32. The van der Waals surface area contributed by atoms with E-state index in [1.54, 1.807) is 12.2 Å². The molecule has 0 heterocycles. The maximum absolute atomic E-state index is 11.5. The molecule has 0 aromatic rings. The summed E-state index contributed by atoms with van der Waals surface area (Å²) in [6, 6.07) is 0. The molecule has 0 bridgehead atoms. The average molecular weight is 256 g/mol. The molecule has 1 rings (SSSR count). The van der Waals surface area contributed by atoms with E-state index in [0.717, 1.165) is 5.57 Å². The van der Waals surface area contributed by atoms with Crippen molar-refractivity contribution in [2.24, 2.45) is 17.3 Å². The normalized spacial score (nSPS) is 21.3. The first-order valence-electron chi connectivity index (χ1n) is 5.74. The van der Waals surface area contributed by atoms with Gasteiger partial charge in [0.05, 0.1) is 10.8 Å². The number of aliphatic hydroxyl groups is 1. The molecule has 3 nitrogen and oxygen atoms in total. The molecule has 17 heavy (non-hydrogen) atoms. The average Bonchev–Trinajstić information content (AvgIpc) is 2.14. The van der Waals surface area contributed by atoms with Crippen molar-refractivity contribution in [3.05, 3.63) is 23.5 Å². The lowest BCUT2D eigenvalue weighted by atomic mass is 9.75. The summed E-state index contributed by atoms with van der Waals surface area (Å²) in [7, 11) is -2.30. The van der Waals surface area contributed by atoms with Gasteiger partial charge in [-0.15, -0.1) is 0 Å². The highest BCUT2D eigenvalue weighted by Crippen LogP contribution is 2.36. The van der Waals surface area contributed by atoms with Gasteiger partial charge in [-0.2, -0.15) is 8.42 Å². The number of hydrogen-bond donors (Lipinski definition) is 1. The fourth-order valence-corrected chi connectivity index (χ4v) is 3.27. The molecule has 0 saturated heterocycles. The minimum atomic E-state index is -2.30. The third-order valence-corrected chi connectivity index (χ3v) is 3.77. The fourth-order valence-electron chi connectivity index (χ4n) is 2.11. The summed E-state index contributed by atoms with van der Waals surface area (Å²) < 4.78 is 22.9. The Labute approximate surface area is 104 Å². The molecule has 0 spiro atoms. The molecular weight excluding hydrogens is 236 g/mol. The molecule has 1 aliphatic rings. The van der Waals surface area contributed by atoms with E-state index in [-0.39, 0.29) is 17.1 Å². The van der Waals surface area contributed by atoms with Gasteiger partial charge in [0.2, 0.25) is 10.3 Å². The van der Waals surface area contributed by atoms with Crippen molar-refractivity contribution < 1.29 is 13.5 Å². The number of rotatable bonds is 1. The van der Waals surface area contributed by atoms with Gasteiger partial charge in [0, 0.05) is 0 Å². The van der Waals surface area contributed by atoms with Gasteiger partial charge in [0.15, 0.2) is 0 Å². The largest absolute Gasteiger partial charge is 0.512 e. The van der Waals surface area contributed by atoms with Crippen LogP contribution < -0.4 is 0 Å². The number of hydrogen-bond acceptors (Lipinski definition) is 3. The zero-order valence-electron chi connectivity index (χ0n) is 11.0. The van der Waals surface area contributed by atoms with E-state index in [1.807, 2.05) is 34.6 Å². The Morgan fingerprint density at radius 2 is 1.76 bits per heavy atom. The maximum atomic E-state index is 11.5. The first kappa shape index (κ1) is 14.0. The summed E-state index contributed by atoms with van der Waals surface area (Å²) in [4.78, 5) is 0.326. The minimum Gasteiger partial charge on any atom is -0.512 e. The zero-order chi connectivity index (χ0) is 13.4. The smallest absolute Gasteiger partial charge is 0.218 e. The molecule has 1 N–H and O–H groups in total. The minimum absolute atomic E-state index is 0.0465. The molecule has 0 aliphatic heterocycles. The Balaban J connectivity index is 3.50. The molecule has 0 radical (unpaired) electrons. The zero-order valence-corrected chi connectivity index (χ0v) is 11.8. The summed E-state index contributed by atoms with van der Waals surface area (Å²) in [5.74, 6) is -0.245. The van der Waals surface area contributed by atoms with Crippen molar-refractivity contribution in [2.75, 3.05) is 0 Å². The summed E-state index contributed by atoms with van der Waals surface area (Å²) >= 11 is 0. The van der Waals surface area contributed by atoms with Crippen molar-refractivity contribution in [2.45, 2.75) is 34.6 Å². The SMILES string of the molecule is CC(C)C1C(O)=CC=C(C(C)(C)C)C1=S(=O)=O. The Morgan fingerprint density at radius 3 is 2.12 bits per heavy atom. The van der Waals surface area contributed by atoms with Gasteiger partial charge in [0.1, 0.15) is 5.76 Å². The van der Waals surface area contributed by atoms with E-state index < -0.39 is 16.2 Å². The maximum Gasteiger partial charge on any atom is 0.218 e. The van der Waals surface area contributed by atoms with Gasteiger partial charge in [-0.3, -0.25) is 0 Å². The Kier molecular flexibility index (Phi) is 3.87. The van der Waals surface area contributed by atoms with Crippen LogP contribution in [0.3, 0.4) is 0 Å². The van der Waals surface area contributed by atoms with Crippen molar-refractivity contribution >= 4 is 15.2 Å². The van der Waals surface area contributed by atoms with Crippen molar-refractivity contribution in [3.63, 3.8) is 0 Å². The highest BCUT2D eigenvalue weighted by atomic mass is 32.2. The first-order valence-corrected chi connectivity index (χ1v) is 6.81. The highest BCUT2D eigenvalue weighted by molar-refractivity contribution is 7.73. The fraction of sp³-hybridized carbons (Fsp3) is 0.615. The van der Waals surface area contributed by atoms with Gasteiger partial charge in [0.25, 0.3) is 0 Å². The molecular formula is C13H20O3S. The van der Waals surface area contributed by atoms with Crippen LogP contribution in [0.4, 0.5) is 0 Å². The lowest BCUT2D eigenvalue weighted by Gasteiger charge is -2.31.